The van der Waals surface area contributed by atoms with Crippen LogP contribution in [-0.4, -0.2) is 54.6 Å². The molecule has 0 spiro atoms. The molecule has 108 valence electrons. The van der Waals surface area contributed by atoms with Gasteiger partial charge >= 0.3 is 0 Å². The average molecular weight is 274 g/mol. The summed E-state index contributed by atoms with van der Waals surface area (Å²) >= 11 is 0. The molecule has 2 fully saturated rings. The smallest absolute Gasteiger partial charge is 0.245 e. The molecule has 0 aromatic carbocycles. The van der Waals surface area contributed by atoms with E-state index in [4.69, 9.17) is 0 Å². The average Bonchev–Trinajstić information content (AvgIpc) is 2.97. The van der Waals surface area contributed by atoms with Crippen LogP contribution in [0.1, 0.15) is 18.4 Å². The van der Waals surface area contributed by atoms with Gasteiger partial charge in [0, 0.05) is 38.9 Å². The minimum Gasteiger partial charge on any atom is -0.345 e. The van der Waals surface area contributed by atoms with Crippen molar-refractivity contribution in [3.05, 3.63) is 23.9 Å². The topological polar surface area (TPSA) is 48.5 Å². The molecule has 2 saturated heterocycles. The Morgan fingerprint density at radius 2 is 2.10 bits per heavy atom. The number of anilines is 1. The van der Waals surface area contributed by atoms with Crippen molar-refractivity contribution in [3.8, 4) is 0 Å². The molecular formula is C15H22N4O. The van der Waals surface area contributed by atoms with E-state index in [1.807, 2.05) is 24.1 Å². The van der Waals surface area contributed by atoms with E-state index >= 15 is 0 Å². The first-order chi connectivity index (χ1) is 9.75. The number of hydrogen-bond acceptors (Lipinski definition) is 4. The van der Waals surface area contributed by atoms with E-state index in [9.17, 15) is 4.79 Å². The van der Waals surface area contributed by atoms with Crippen LogP contribution in [0.25, 0.3) is 0 Å². The van der Waals surface area contributed by atoms with Gasteiger partial charge in [0.15, 0.2) is 0 Å². The van der Waals surface area contributed by atoms with Gasteiger partial charge in [-0.2, -0.15) is 0 Å². The molecule has 0 bridgehead atoms. The van der Waals surface area contributed by atoms with E-state index in [0.29, 0.717) is 0 Å². The molecule has 1 amide bonds. The summed E-state index contributed by atoms with van der Waals surface area (Å²) in [6.45, 7) is 6.42. The lowest BCUT2D eigenvalue weighted by atomic mass is 10.1. The van der Waals surface area contributed by atoms with Gasteiger partial charge in [-0.1, -0.05) is 6.07 Å². The number of piperazine rings is 1. The summed E-state index contributed by atoms with van der Waals surface area (Å²) < 4.78 is 0. The Morgan fingerprint density at radius 1 is 1.30 bits per heavy atom. The summed E-state index contributed by atoms with van der Waals surface area (Å²) in [6.07, 6.45) is 3.89. The highest BCUT2D eigenvalue weighted by molar-refractivity contribution is 5.85. The molecule has 2 aliphatic heterocycles. The van der Waals surface area contributed by atoms with Crippen molar-refractivity contribution in [2.45, 2.75) is 25.8 Å². The number of amides is 1. The summed E-state index contributed by atoms with van der Waals surface area (Å²) in [5.74, 6) is 1.20. The fourth-order valence-electron chi connectivity index (χ4n) is 3.02. The Labute approximate surface area is 120 Å². The fourth-order valence-corrected chi connectivity index (χ4v) is 3.02. The third kappa shape index (κ3) is 2.63. The molecule has 1 unspecified atom stereocenters. The third-order valence-corrected chi connectivity index (χ3v) is 4.16. The lowest BCUT2D eigenvalue weighted by molar-refractivity contribution is -0.133. The van der Waals surface area contributed by atoms with Crippen LogP contribution in [0, 0.1) is 6.92 Å². The second-order valence-electron chi connectivity index (χ2n) is 5.62. The summed E-state index contributed by atoms with van der Waals surface area (Å²) in [7, 11) is 0. The van der Waals surface area contributed by atoms with Crippen LogP contribution < -0.4 is 10.2 Å². The Kier molecular flexibility index (Phi) is 3.87. The van der Waals surface area contributed by atoms with Crippen LogP contribution in [-0.2, 0) is 4.79 Å². The first-order valence-corrected chi connectivity index (χ1v) is 7.44. The second kappa shape index (κ2) is 5.79. The van der Waals surface area contributed by atoms with Crippen molar-refractivity contribution in [3.63, 3.8) is 0 Å². The van der Waals surface area contributed by atoms with Gasteiger partial charge in [0.1, 0.15) is 11.9 Å². The molecule has 1 aromatic heterocycles. The Balaban J connectivity index is 1.74. The van der Waals surface area contributed by atoms with Crippen molar-refractivity contribution < 1.29 is 4.79 Å². The van der Waals surface area contributed by atoms with Crippen molar-refractivity contribution in [1.29, 1.82) is 0 Å². The zero-order valence-corrected chi connectivity index (χ0v) is 12.0. The largest absolute Gasteiger partial charge is 0.345 e. The molecule has 0 radical (unpaired) electrons. The first-order valence-electron chi connectivity index (χ1n) is 7.44. The normalized spacial score (nSPS) is 23.1. The summed E-state index contributed by atoms with van der Waals surface area (Å²) in [6, 6.07) is 4.06. The summed E-state index contributed by atoms with van der Waals surface area (Å²) in [4.78, 5) is 21.3. The number of pyridine rings is 1. The van der Waals surface area contributed by atoms with Gasteiger partial charge in [0.05, 0.1) is 0 Å². The Hall–Kier alpha value is -1.62. The molecule has 3 rings (SSSR count). The number of nitrogens with zero attached hydrogens (tertiary/aromatic N) is 3. The highest BCUT2D eigenvalue weighted by Crippen LogP contribution is 2.25. The number of hydrogen-bond donors (Lipinski definition) is 1. The van der Waals surface area contributed by atoms with Crippen molar-refractivity contribution in [2.75, 3.05) is 37.6 Å². The summed E-state index contributed by atoms with van der Waals surface area (Å²) in [5, 5.41) is 3.29. The van der Waals surface area contributed by atoms with Gasteiger partial charge in [-0.05, 0) is 31.4 Å². The molecule has 5 nitrogen and oxygen atoms in total. The Bertz CT molecular complexity index is 467. The quantitative estimate of drug-likeness (QED) is 0.866. The maximum atomic E-state index is 12.7. The predicted molar refractivity (Wildman–Crippen MR) is 78.8 cm³/mol. The van der Waals surface area contributed by atoms with E-state index in [0.717, 1.165) is 56.9 Å². The van der Waals surface area contributed by atoms with Crippen molar-refractivity contribution >= 4 is 11.7 Å². The van der Waals surface area contributed by atoms with Crippen molar-refractivity contribution in [1.82, 2.24) is 15.2 Å². The van der Waals surface area contributed by atoms with E-state index in [-0.39, 0.29) is 11.9 Å². The van der Waals surface area contributed by atoms with Crippen LogP contribution in [0.5, 0.6) is 0 Å². The van der Waals surface area contributed by atoms with Gasteiger partial charge in [-0.15, -0.1) is 0 Å². The lowest BCUT2D eigenvalue weighted by Gasteiger charge is -2.33. The second-order valence-corrected chi connectivity index (χ2v) is 5.62. The van der Waals surface area contributed by atoms with Crippen LogP contribution in [0.3, 0.4) is 0 Å². The van der Waals surface area contributed by atoms with Crippen molar-refractivity contribution in [2.24, 2.45) is 0 Å². The van der Waals surface area contributed by atoms with Gasteiger partial charge in [0.25, 0.3) is 0 Å². The molecule has 1 aromatic rings. The molecule has 2 aliphatic rings. The number of aryl methyl sites for hydroxylation is 1. The minimum absolute atomic E-state index is 0.0247. The standard InChI is InChI=1S/C15H22N4O/c1-12-4-5-14(17-11-12)19-8-2-3-13(19)15(20)18-9-6-16-7-10-18/h4-5,11,13,16H,2-3,6-10H2,1H3. The molecule has 20 heavy (non-hydrogen) atoms. The zero-order valence-electron chi connectivity index (χ0n) is 12.0. The zero-order chi connectivity index (χ0) is 13.9. The number of rotatable bonds is 2. The highest BCUT2D eigenvalue weighted by Gasteiger charge is 2.34. The molecule has 1 N–H and O–H groups in total. The monoisotopic (exact) mass is 274 g/mol. The third-order valence-electron chi connectivity index (χ3n) is 4.16. The lowest BCUT2D eigenvalue weighted by Crippen LogP contribution is -2.52. The fraction of sp³-hybridized carbons (Fsp3) is 0.600. The van der Waals surface area contributed by atoms with Gasteiger partial charge in [-0.3, -0.25) is 4.79 Å². The van der Waals surface area contributed by atoms with E-state index < -0.39 is 0 Å². The molecule has 0 aliphatic carbocycles. The number of aromatic nitrogens is 1. The maximum Gasteiger partial charge on any atom is 0.245 e. The molecule has 1 atom stereocenters. The van der Waals surface area contributed by atoms with Gasteiger partial charge in [-0.25, -0.2) is 4.98 Å². The number of nitrogens with one attached hydrogen (secondary N) is 1. The Morgan fingerprint density at radius 3 is 2.80 bits per heavy atom. The van der Waals surface area contributed by atoms with E-state index in [2.05, 4.69) is 21.3 Å². The molecule has 5 heteroatoms. The van der Waals surface area contributed by atoms with Crippen LogP contribution >= 0.6 is 0 Å². The van der Waals surface area contributed by atoms with Crippen LogP contribution in [0.2, 0.25) is 0 Å². The molecule has 3 heterocycles. The summed E-state index contributed by atoms with van der Waals surface area (Å²) in [5.41, 5.74) is 1.15. The maximum absolute atomic E-state index is 12.7. The number of carbonyl (C=O) groups is 1. The minimum atomic E-state index is -0.0247. The first kappa shape index (κ1) is 13.4. The molecular weight excluding hydrogens is 252 g/mol. The molecule has 0 saturated carbocycles. The van der Waals surface area contributed by atoms with Crippen LogP contribution in [0.15, 0.2) is 18.3 Å². The van der Waals surface area contributed by atoms with Crippen LogP contribution in [0.4, 0.5) is 5.82 Å². The van der Waals surface area contributed by atoms with E-state index in [1.165, 1.54) is 0 Å². The van der Waals surface area contributed by atoms with Gasteiger partial charge in [0.2, 0.25) is 5.91 Å². The highest BCUT2D eigenvalue weighted by atomic mass is 16.2. The van der Waals surface area contributed by atoms with Gasteiger partial charge < -0.3 is 15.1 Å². The SMILES string of the molecule is Cc1ccc(N2CCCC2C(=O)N2CCNCC2)nc1. The number of carbonyl (C=O) groups excluding carboxylic acids is 1. The predicted octanol–water partition coefficient (Wildman–Crippen LogP) is 0.791. The van der Waals surface area contributed by atoms with E-state index in [1.54, 1.807) is 0 Å².